The van der Waals surface area contributed by atoms with Gasteiger partial charge < -0.3 is 14.6 Å². The van der Waals surface area contributed by atoms with E-state index in [1.54, 1.807) is 13.3 Å². The van der Waals surface area contributed by atoms with Crippen molar-refractivity contribution in [3.63, 3.8) is 0 Å². The average molecular weight is 422 g/mol. The third-order valence-corrected chi connectivity index (χ3v) is 6.03. The molecule has 1 aromatic carbocycles. The molecule has 2 heterocycles. The number of benzene rings is 1. The number of fused-ring (bicyclic) bond motifs is 1. The smallest absolute Gasteiger partial charge is 0.222 e. The van der Waals surface area contributed by atoms with Gasteiger partial charge in [-0.05, 0) is 42.5 Å². The van der Waals surface area contributed by atoms with Crippen LogP contribution in [0.15, 0.2) is 42.9 Å². The van der Waals surface area contributed by atoms with Crippen molar-refractivity contribution >= 4 is 5.91 Å². The van der Waals surface area contributed by atoms with Crippen molar-refractivity contribution in [2.75, 3.05) is 7.11 Å². The molecule has 164 valence electrons. The van der Waals surface area contributed by atoms with Gasteiger partial charge in [-0.15, -0.1) is 0 Å². The van der Waals surface area contributed by atoms with Crippen LogP contribution in [-0.4, -0.2) is 32.3 Å². The number of amides is 1. The molecule has 1 amide bonds. The fraction of sp³-hybridized carbons (Fsp3) is 0.458. The fourth-order valence-corrected chi connectivity index (χ4v) is 4.46. The van der Waals surface area contributed by atoms with Crippen molar-refractivity contribution in [2.24, 2.45) is 5.41 Å². The molecule has 0 radical (unpaired) electrons. The minimum atomic E-state index is -0.0355. The Morgan fingerprint density at radius 1 is 1.29 bits per heavy atom. The number of carbonyl (C=O) groups excluding carboxylic acids is 1. The third-order valence-electron chi connectivity index (χ3n) is 6.03. The highest BCUT2D eigenvalue weighted by Crippen LogP contribution is 2.41. The number of aromatic nitrogens is 4. The summed E-state index contributed by atoms with van der Waals surface area (Å²) in [6.45, 7) is 7.22. The van der Waals surface area contributed by atoms with E-state index < -0.39 is 0 Å². The van der Waals surface area contributed by atoms with Gasteiger partial charge in [0.05, 0.1) is 30.7 Å². The van der Waals surface area contributed by atoms with E-state index in [2.05, 4.69) is 40.7 Å². The monoisotopic (exact) mass is 421 g/mol. The molecular formula is C24H31N5O2. The second-order valence-corrected chi connectivity index (χ2v) is 8.96. The highest BCUT2D eigenvalue weighted by molar-refractivity contribution is 5.76. The molecule has 0 spiro atoms. The summed E-state index contributed by atoms with van der Waals surface area (Å²) >= 11 is 0. The van der Waals surface area contributed by atoms with Crippen LogP contribution in [0.1, 0.15) is 56.7 Å². The second kappa shape index (κ2) is 8.57. The van der Waals surface area contributed by atoms with Crippen LogP contribution >= 0.6 is 0 Å². The summed E-state index contributed by atoms with van der Waals surface area (Å²) in [5, 5.41) is 7.94. The van der Waals surface area contributed by atoms with Gasteiger partial charge in [0.25, 0.3) is 0 Å². The van der Waals surface area contributed by atoms with Crippen LogP contribution < -0.4 is 10.1 Å². The van der Waals surface area contributed by atoms with Gasteiger partial charge in [0.15, 0.2) is 0 Å². The average Bonchev–Trinajstić information content (AvgIpc) is 3.38. The van der Waals surface area contributed by atoms with Crippen LogP contribution in [0.5, 0.6) is 5.75 Å². The molecule has 0 fully saturated rings. The minimum Gasteiger partial charge on any atom is -0.497 e. The van der Waals surface area contributed by atoms with E-state index >= 15 is 0 Å². The van der Waals surface area contributed by atoms with Crippen LogP contribution in [0.2, 0.25) is 0 Å². The van der Waals surface area contributed by atoms with E-state index in [4.69, 9.17) is 4.74 Å². The number of nitrogens with zero attached hydrogens (tertiary/aromatic N) is 4. The van der Waals surface area contributed by atoms with E-state index in [9.17, 15) is 4.79 Å². The van der Waals surface area contributed by atoms with Gasteiger partial charge in [0, 0.05) is 37.3 Å². The summed E-state index contributed by atoms with van der Waals surface area (Å²) in [5.41, 5.74) is 3.33. The first-order valence-corrected chi connectivity index (χ1v) is 10.9. The molecule has 0 aliphatic heterocycles. The van der Waals surface area contributed by atoms with Crippen molar-refractivity contribution in [3.05, 3.63) is 59.9 Å². The molecule has 0 saturated heterocycles. The zero-order valence-electron chi connectivity index (χ0n) is 18.8. The molecule has 7 nitrogen and oxygen atoms in total. The van der Waals surface area contributed by atoms with Gasteiger partial charge in [-0.2, -0.15) is 5.10 Å². The third kappa shape index (κ3) is 4.50. The van der Waals surface area contributed by atoms with Crippen molar-refractivity contribution in [1.82, 2.24) is 24.6 Å². The van der Waals surface area contributed by atoms with Crippen molar-refractivity contribution < 1.29 is 9.53 Å². The van der Waals surface area contributed by atoms with Crippen molar-refractivity contribution in [3.8, 4) is 11.4 Å². The van der Waals surface area contributed by atoms with Gasteiger partial charge in [-0.3, -0.25) is 4.79 Å². The molecule has 0 bridgehead atoms. The summed E-state index contributed by atoms with van der Waals surface area (Å²) < 4.78 is 9.32. The van der Waals surface area contributed by atoms with Gasteiger partial charge in [0.1, 0.15) is 11.6 Å². The normalized spacial score (nSPS) is 17.2. The first-order chi connectivity index (χ1) is 14.9. The lowest BCUT2D eigenvalue weighted by Gasteiger charge is -2.36. The Hall–Kier alpha value is -3.09. The quantitative estimate of drug-likeness (QED) is 0.629. The molecule has 0 saturated carbocycles. The number of carbonyl (C=O) groups is 1. The predicted octanol–water partition coefficient (Wildman–Crippen LogP) is 3.86. The Bertz CT molecular complexity index is 1050. The number of ether oxygens (including phenoxy) is 1. The summed E-state index contributed by atoms with van der Waals surface area (Å²) in [5.74, 6) is 1.88. The van der Waals surface area contributed by atoms with Crippen molar-refractivity contribution in [1.29, 1.82) is 0 Å². The standard InChI is InChI=1S/C24H31N5O2/c1-5-22-25-11-13-28(22)12-10-23(30)27-20-14-24(2,3)15-21-19(20)16-26-29(21)17-6-8-18(31-4)9-7-17/h6-9,11,13,16,20H,5,10,12,14-15H2,1-4H3,(H,27,30)/t20-/m1/s1. The lowest BCUT2D eigenvalue weighted by molar-refractivity contribution is -0.122. The zero-order chi connectivity index (χ0) is 22.0. The Morgan fingerprint density at radius 3 is 2.77 bits per heavy atom. The molecule has 1 atom stereocenters. The summed E-state index contributed by atoms with van der Waals surface area (Å²) in [7, 11) is 1.66. The molecular weight excluding hydrogens is 390 g/mol. The van der Waals surface area contributed by atoms with Crippen molar-refractivity contribution in [2.45, 2.75) is 59.0 Å². The van der Waals surface area contributed by atoms with Crippen LogP contribution in [0.25, 0.3) is 5.69 Å². The Labute approximate surface area is 183 Å². The maximum Gasteiger partial charge on any atom is 0.222 e. The van der Waals surface area contributed by atoms with Gasteiger partial charge in [-0.25, -0.2) is 9.67 Å². The molecule has 0 unspecified atom stereocenters. The van der Waals surface area contributed by atoms with Crippen LogP contribution in [0.4, 0.5) is 0 Å². The van der Waals surface area contributed by atoms with Gasteiger partial charge in [-0.1, -0.05) is 20.8 Å². The molecule has 4 rings (SSSR count). The number of methoxy groups -OCH3 is 1. The van der Waals surface area contributed by atoms with Crippen LogP contribution in [0.3, 0.4) is 0 Å². The molecule has 31 heavy (non-hydrogen) atoms. The maximum atomic E-state index is 12.8. The first kappa shape index (κ1) is 21.2. The predicted molar refractivity (Wildman–Crippen MR) is 119 cm³/mol. The summed E-state index contributed by atoms with van der Waals surface area (Å²) in [6.07, 6.45) is 8.74. The molecule has 3 aromatic rings. The van der Waals surface area contributed by atoms with Gasteiger partial charge in [0.2, 0.25) is 5.91 Å². The number of imidazole rings is 1. The highest BCUT2D eigenvalue weighted by atomic mass is 16.5. The fourth-order valence-electron chi connectivity index (χ4n) is 4.46. The number of hydrogen-bond donors (Lipinski definition) is 1. The lowest BCUT2D eigenvalue weighted by Crippen LogP contribution is -2.37. The molecule has 1 aliphatic carbocycles. The molecule has 1 aliphatic rings. The topological polar surface area (TPSA) is 74.0 Å². The maximum absolute atomic E-state index is 12.8. The van der Waals surface area contributed by atoms with Crippen LogP contribution in [0, 0.1) is 5.41 Å². The zero-order valence-corrected chi connectivity index (χ0v) is 18.8. The summed E-state index contributed by atoms with van der Waals surface area (Å²) in [6, 6.07) is 7.87. The first-order valence-electron chi connectivity index (χ1n) is 10.9. The summed E-state index contributed by atoms with van der Waals surface area (Å²) in [4.78, 5) is 17.1. The number of nitrogens with one attached hydrogen (secondary N) is 1. The van der Waals surface area contributed by atoms with E-state index in [0.717, 1.165) is 47.8 Å². The number of aryl methyl sites for hydroxylation is 2. The molecule has 1 N–H and O–H groups in total. The Kier molecular flexibility index (Phi) is 5.85. The number of rotatable bonds is 7. The van der Waals surface area contributed by atoms with E-state index in [-0.39, 0.29) is 17.4 Å². The minimum absolute atomic E-state index is 0.0355. The second-order valence-electron chi connectivity index (χ2n) is 8.96. The highest BCUT2D eigenvalue weighted by Gasteiger charge is 2.36. The SMILES string of the molecule is CCc1nccn1CCC(=O)N[C@@H]1CC(C)(C)Cc2c1cnn2-c1ccc(OC)cc1. The largest absolute Gasteiger partial charge is 0.497 e. The molecule has 7 heteroatoms. The lowest BCUT2D eigenvalue weighted by atomic mass is 9.74. The van der Waals surface area contributed by atoms with E-state index in [1.165, 1.54) is 0 Å². The van der Waals surface area contributed by atoms with E-state index in [0.29, 0.717) is 13.0 Å². The van der Waals surface area contributed by atoms with Gasteiger partial charge >= 0.3 is 0 Å². The van der Waals surface area contributed by atoms with Crippen LogP contribution in [-0.2, 0) is 24.2 Å². The van der Waals surface area contributed by atoms with E-state index in [1.807, 2.05) is 41.3 Å². The Balaban J connectivity index is 1.52. The Morgan fingerprint density at radius 2 is 2.06 bits per heavy atom. The number of hydrogen-bond acceptors (Lipinski definition) is 4. The molecule has 2 aromatic heterocycles.